The van der Waals surface area contributed by atoms with Crippen molar-refractivity contribution in [2.75, 3.05) is 44.2 Å². The smallest absolute Gasteiger partial charge is 0.274 e. The maximum absolute atomic E-state index is 13.6. The van der Waals surface area contributed by atoms with Gasteiger partial charge >= 0.3 is 0 Å². The fourth-order valence-corrected chi connectivity index (χ4v) is 6.99. The van der Waals surface area contributed by atoms with Gasteiger partial charge in [-0.05, 0) is 76.0 Å². The number of carbonyl (C=O) groups is 3. The highest BCUT2D eigenvalue weighted by molar-refractivity contribution is 5.94. The molecular weight excluding hydrogens is 492 g/mol. The van der Waals surface area contributed by atoms with E-state index >= 15 is 0 Å². The Morgan fingerprint density at radius 3 is 2.44 bits per heavy atom. The number of aryl methyl sites for hydroxylation is 1. The van der Waals surface area contributed by atoms with Crippen molar-refractivity contribution in [3.05, 3.63) is 46.3 Å². The van der Waals surface area contributed by atoms with Crippen molar-refractivity contribution in [2.45, 2.75) is 77.3 Å². The van der Waals surface area contributed by atoms with Gasteiger partial charge in [0.1, 0.15) is 6.54 Å². The molecule has 9 heteroatoms. The van der Waals surface area contributed by atoms with E-state index in [0.29, 0.717) is 38.3 Å². The summed E-state index contributed by atoms with van der Waals surface area (Å²) >= 11 is 0. The van der Waals surface area contributed by atoms with Gasteiger partial charge in [0.2, 0.25) is 11.8 Å². The van der Waals surface area contributed by atoms with Crippen LogP contribution in [-0.4, -0.2) is 82.1 Å². The molecular formula is C30H40N6O3. The minimum atomic E-state index is -0.151. The monoisotopic (exact) mass is 532 g/mol. The molecule has 0 unspecified atom stereocenters. The zero-order chi connectivity index (χ0) is 27.1. The number of benzene rings is 1. The summed E-state index contributed by atoms with van der Waals surface area (Å²) in [5.74, 6) is 0.173. The summed E-state index contributed by atoms with van der Waals surface area (Å²) in [5.41, 5.74) is 6.29. The summed E-state index contributed by atoms with van der Waals surface area (Å²) in [6.45, 7) is 8.75. The van der Waals surface area contributed by atoms with Crippen LogP contribution in [0.5, 0.6) is 0 Å². The highest BCUT2D eigenvalue weighted by atomic mass is 16.2. The molecule has 4 heterocycles. The molecule has 6 rings (SSSR count). The van der Waals surface area contributed by atoms with Crippen molar-refractivity contribution in [1.82, 2.24) is 24.9 Å². The minimum absolute atomic E-state index is 0.0292. The third-order valence-corrected chi connectivity index (χ3v) is 9.52. The Morgan fingerprint density at radius 2 is 1.69 bits per heavy atom. The number of carbonyl (C=O) groups excluding carboxylic acids is 3. The van der Waals surface area contributed by atoms with Crippen LogP contribution < -0.4 is 10.2 Å². The fourth-order valence-electron chi connectivity index (χ4n) is 6.99. The largest absolute Gasteiger partial charge is 0.368 e. The zero-order valence-electron chi connectivity index (χ0n) is 23.3. The summed E-state index contributed by atoms with van der Waals surface area (Å²) in [7, 11) is 0. The summed E-state index contributed by atoms with van der Waals surface area (Å²) < 4.78 is 1.81. The van der Waals surface area contributed by atoms with E-state index in [9.17, 15) is 14.4 Å². The van der Waals surface area contributed by atoms with Crippen LogP contribution in [0.15, 0.2) is 18.2 Å². The second-order valence-corrected chi connectivity index (χ2v) is 11.8. The summed E-state index contributed by atoms with van der Waals surface area (Å²) in [6.07, 6.45) is 6.80. The third-order valence-electron chi connectivity index (χ3n) is 9.52. The number of rotatable bonds is 4. The lowest BCUT2D eigenvalue weighted by atomic mass is 9.80. The minimum Gasteiger partial charge on any atom is -0.368 e. The van der Waals surface area contributed by atoms with E-state index in [0.717, 1.165) is 69.3 Å². The van der Waals surface area contributed by atoms with Gasteiger partial charge in [0.15, 0.2) is 5.69 Å². The van der Waals surface area contributed by atoms with Crippen molar-refractivity contribution in [3.63, 3.8) is 0 Å². The molecule has 1 aromatic heterocycles. The topological polar surface area (TPSA) is 90.8 Å². The lowest BCUT2D eigenvalue weighted by Crippen LogP contribution is -2.58. The number of anilines is 1. The highest BCUT2D eigenvalue weighted by Gasteiger charge is 2.40. The Hall–Kier alpha value is -3.36. The molecule has 208 valence electrons. The van der Waals surface area contributed by atoms with Gasteiger partial charge in [0.05, 0.1) is 0 Å². The van der Waals surface area contributed by atoms with E-state index in [-0.39, 0.29) is 29.8 Å². The molecule has 0 radical (unpaired) electrons. The molecule has 0 atom stereocenters. The number of piperidine rings is 2. The summed E-state index contributed by atoms with van der Waals surface area (Å²) in [4.78, 5) is 45.1. The number of hydrogen-bond acceptors (Lipinski definition) is 5. The van der Waals surface area contributed by atoms with Crippen LogP contribution in [0.4, 0.5) is 5.69 Å². The number of nitrogens with zero attached hydrogens (tertiary/aromatic N) is 5. The van der Waals surface area contributed by atoms with Crippen molar-refractivity contribution in [3.8, 4) is 0 Å². The molecule has 2 aromatic rings. The number of amides is 3. The van der Waals surface area contributed by atoms with Crippen molar-refractivity contribution in [2.24, 2.45) is 0 Å². The van der Waals surface area contributed by atoms with Gasteiger partial charge in [-0.15, -0.1) is 0 Å². The van der Waals surface area contributed by atoms with Crippen LogP contribution in [0.2, 0.25) is 0 Å². The van der Waals surface area contributed by atoms with E-state index in [1.165, 1.54) is 16.8 Å². The van der Waals surface area contributed by atoms with Gasteiger partial charge in [-0.1, -0.05) is 12.1 Å². The number of hydrogen-bond donors (Lipinski definition) is 1. The molecule has 1 spiro atoms. The van der Waals surface area contributed by atoms with E-state index in [4.69, 9.17) is 5.10 Å². The molecule has 9 nitrogen and oxygen atoms in total. The Labute approximate surface area is 230 Å². The first kappa shape index (κ1) is 25.9. The number of fused-ring (bicyclic) bond motifs is 1. The third kappa shape index (κ3) is 4.92. The quantitative estimate of drug-likeness (QED) is 0.654. The predicted octanol–water partition coefficient (Wildman–Crippen LogP) is 2.61. The SMILES string of the molecule is Cc1cccc(N2CCN(C(=O)Cn3nc(C(=O)N4CCC5(CCCC(=O)N5)CC4)c4c3CCC4)CC2)c1C. The van der Waals surface area contributed by atoms with Gasteiger partial charge < -0.3 is 20.0 Å². The van der Waals surface area contributed by atoms with Gasteiger partial charge in [0, 0.05) is 68.2 Å². The molecule has 4 aliphatic rings. The number of aromatic nitrogens is 2. The molecule has 1 aliphatic carbocycles. The Balaban J connectivity index is 1.09. The maximum Gasteiger partial charge on any atom is 0.274 e. The van der Waals surface area contributed by atoms with Crippen molar-refractivity contribution >= 4 is 23.4 Å². The molecule has 1 aromatic carbocycles. The van der Waals surface area contributed by atoms with E-state index in [1.807, 2.05) is 14.5 Å². The van der Waals surface area contributed by atoms with E-state index < -0.39 is 0 Å². The van der Waals surface area contributed by atoms with Crippen molar-refractivity contribution in [1.29, 1.82) is 0 Å². The average Bonchev–Trinajstić information content (AvgIpc) is 3.54. The van der Waals surface area contributed by atoms with Gasteiger partial charge in [-0.2, -0.15) is 5.10 Å². The van der Waals surface area contributed by atoms with Crippen LogP contribution >= 0.6 is 0 Å². The van der Waals surface area contributed by atoms with Crippen LogP contribution in [0.1, 0.15) is 71.4 Å². The second kappa shape index (κ2) is 10.3. The molecule has 3 saturated heterocycles. The fraction of sp³-hybridized carbons (Fsp3) is 0.600. The second-order valence-electron chi connectivity index (χ2n) is 11.8. The molecule has 0 saturated carbocycles. The van der Waals surface area contributed by atoms with Gasteiger partial charge in [-0.25, -0.2) is 0 Å². The first-order chi connectivity index (χ1) is 18.8. The molecule has 3 amide bonds. The van der Waals surface area contributed by atoms with E-state index in [1.54, 1.807) is 0 Å². The van der Waals surface area contributed by atoms with E-state index in [2.05, 4.69) is 42.3 Å². The molecule has 3 fully saturated rings. The first-order valence-corrected chi connectivity index (χ1v) is 14.6. The summed E-state index contributed by atoms with van der Waals surface area (Å²) in [5, 5.41) is 7.94. The zero-order valence-corrected chi connectivity index (χ0v) is 23.3. The van der Waals surface area contributed by atoms with Crippen LogP contribution in [-0.2, 0) is 29.0 Å². The van der Waals surface area contributed by atoms with Gasteiger partial charge in [-0.3, -0.25) is 19.1 Å². The van der Waals surface area contributed by atoms with Crippen LogP contribution in [0.25, 0.3) is 0 Å². The lowest BCUT2D eigenvalue weighted by Gasteiger charge is -2.44. The lowest BCUT2D eigenvalue weighted by molar-refractivity contribution is -0.132. The summed E-state index contributed by atoms with van der Waals surface area (Å²) in [6, 6.07) is 6.40. The average molecular weight is 533 g/mol. The predicted molar refractivity (Wildman–Crippen MR) is 149 cm³/mol. The standard InChI is InChI=1S/C30H40N6O3/c1-21-6-3-8-24(22(21)2)33-16-18-34(19-17-33)27(38)20-36-25-9-4-7-23(25)28(32-36)29(39)35-14-12-30(13-15-35)11-5-10-26(37)31-30/h3,6,8H,4-5,7,9-20H2,1-2H3,(H,31,37). The van der Waals surface area contributed by atoms with Crippen molar-refractivity contribution < 1.29 is 14.4 Å². The molecule has 1 N–H and O–H groups in total. The first-order valence-electron chi connectivity index (χ1n) is 14.6. The normalized spacial score (nSPS) is 20.8. The Morgan fingerprint density at radius 1 is 0.923 bits per heavy atom. The van der Waals surface area contributed by atoms with Gasteiger partial charge in [0.25, 0.3) is 5.91 Å². The molecule has 0 bridgehead atoms. The van der Waals surface area contributed by atoms with Crippen LogP contribution in [0, 0.1) is 13.8 Å². The number of nitrogens with one attached hydrogen (secondary N) is 1. The highest BCUT2D eigenvalue weighted by Crippen LogP contribution is 2.33. The Bertz CT molecular complexity index is 1280. The van der Waals surface area contributed by atoms with Crippen LogP contribution in [0.3, 0.4) is 0 Å². The maximum atomic E-state index is 13.6. The molecule has 3 aliphatic heterocycles. The number of piperazine rings is 1. The Kier molecular flexibility index (Phi) is 6.85. The molecule has 39 heavy (non-hydrogen) atoms. The number of likely N-dealkylation sites (tertiary alicyclic amines) is 1.